The molecule has 24 nitrogen and oxygen atoms in total. The summed E-state index contributed by atoms with van der Waals surface area (Å²) < 4.78 is 47.5. The third-order valence-electron chi connectivity index (χ3n) is 10.6. The molecule has 9 rings (SSSR count). The molecule has 0 saturated heterocycles. The first kappa shape index (κ1) is 52.2. The molecule has 0 aromatic carbocycles. The molecule has 0 unspecified atom stereocenters. The summed E-state index contributed by atoms with van der Waals surface area (Å²) >= 11 is 0. The summed E-state index contributed by atoms with van der Waals surface area (Å²) in [6.45, 7) is 6.37. The zero-order valence-corrected chi connectivity index (χ0v) is 40.8. The molecule has 0 bridgehead atoms. The minimum Gasteiger partial charge on any atom is -0.361 e. The minimum atomic E-state index is -3.32. The highest BCUT2D eigenvalue weighted by atomic mass is 32.2. The number of aromatic nitrogens is 12. The minimum absolute atomic E-state index is 0.179. The maximum atomic E-state index is 12.4. The Morgan fingerprint density at radius 2 is 0.944 bits per heavy atom. The van der Waals surface area contributed by atoms with Crippen molar-refractivity contribution in [3.8, 4) is 0 Å². The first-order valence-corrected chi connectivity index (χ1v) is 23.9. The van der Waals surface area contributed by atoms with Gasteiger partial charge in [-0.1, -0.05) is 15.5 Å². The third kappa shape index (κ3) is 13.5. The van der Waals surface area contributed by atoms with Crippen LogP contribution in [0.3, 0.4) is 0 Å². The molecule has 0 atom stereocenters. The van der Waals surface area contributed by atoms with E-state index in [1.54, 1.807) is 76.1 Å². The van der Waals surface area contributed by atoms with Crippen molar-refractivity contribution < 1.29 is 26.2 Å². The van der Waals surface area contributed by atoms with Gasteiger partial charge in [0.2, 0.25) is 0 Å². The van der Waals surface area contributed by atoms with E-state index in [9.17, 15) is 37.2 Å². The molecular weight excluding hydrogens is 945 g/mol. The zero-order chi connectivity index (χ0) is 51.4. The van der Waals surface area contributed by atoms with Crippen molar-refractivity contribution >= 4 is 43.2 Å². The largest absolute Gasteiger partial charge is 0.361 e. The van der Waals surface area contributed by atoms with E-state index in [1.165, 1.54) is 22.8 Å². The molecule has 0 aliphatic heterocycles. The van der Waals surface area contributed by atoms with E-state index in [0.717, 1.165) is 40.6 Å². The van der Waals surface area contributed by atoms with Crippen molar-refractivity contribution in [1.29, 1.82) is 0 Å². The van der Waals surface area contributed by atoms with Crippen LogP contribution in [0.2, 0.25) is 0 Å². The predicted molar refractivity (Wildman–Crippen MR) is 260 cm³/mol. The number of rotatable bonds is 13. The number of aromatic amines is 1. The summed E-state index contributed by atoms with van der Waals surface area (Å²) in [5.41, 5.74) is 1.50. The lowest BCUT2D eigenvalue weighted by Gasteiger charge is -2.09. The topological polar surface area (TPSA) is 303 Å². The summed E-state index contributed by atoms with van der Waals surface area (Å²) in [5, 5.41) is 12.6. The van der Waals surface area contributed by atoms with Gasteiger partial charge in [0.05, 0.1) is 46.1 Å². The van der Waals surface area contributed by atoms with Crippen LogP contribution in [0.15, 0.2) is 116 Å². The molecule has 0 amide bonds. The number of aryl methyl sites for hydroxylation is 9. The number of nitrogens with zero attached hydrogens (tertiary/aromatic N) is 11. The number of nitrogens with one attached hydrogen (secondary N) is 1. The van der Waals surface area contributed by atoms with Gasteiger partial charge in [-0.3, -0.25) is 46.4 Å². The van der Waals surface area contributed by atoms with Crippen molar-refractivity contribution in [2.75, 3.05) is 12.9 Å². The van der Waals surface area contributed by atoms with Crippen molar-refractivity contribution in [3.05, 3.63) is 170 Å². The van der Waals surface area contributed by atoms with Gasteiger partial charge in [0.15, 0.2) is 0 Å². The molecule has 9 aromatic heterocycles. The normalized spacial score (nSPS) is 11.2. The first-order chi connectivity index (χ1) is 33.8. The van der Waals surface area contributed by atoms with Crippen LogP contribution in [0.5, 0.6) is 0 Å². The van der Waals surface area contributed by atoms with Crippen LogP contribution in [0, 0.1) is 20.8 Å². The van der Waals surface area contributed by atoms with Gasteiger partial charge in [0.25, 0.3) is 26.8 Å². The molecule has 25 heteroatoms. The number of fused-ring (bicyclic) bond motifs is 3. The van der Waals surface area contributed by atoms with E-state index in [2.05, 4.69) is 39.6 Å². The second kappa shape index (κ2) is 23.4. The van der Waals surface area contributed by atoms with Crippen LogP contribution in [-0.2, 0) is 67.8 Å². The fourth-order valence-corrected chi connectivity index (χ4v) is 7.55. The molecule has 374 valence electrons. The van der Waals surface area contributed by atoms with Crippen molar-refractivity contribution in [1.82, 2.24) is 58.2 Å². The van der Waals surface area contributed by atoms with E-state index in [1.807, 2.05) is 39.0 Å². The lowest BCUT2D eigenvalue weighted by molar-refractivity contribution is 0.304. The molecule has 1 N–H and O–H groups in total. The van der Waals surface area contributed by atoms with Gasteiger partial charge in [0.1, 0.15) is 34.2 Å². The summed E-state index contributed by atoms with van der Waals surface area (Å²) in [7, 11) is 1.48. The highest BCUT2D eigenvalue weighted by Gasteiger charge is 2.14. The van der Waals surface area contributed by atoms with Gasteiger partial charge in [0, 0.05) is 90.3 Å². The molecule has 9 aromatic rings. The Balaban J connectivity index is 0.000000159. The lowest BCUT2D eigenvalue weighted by Crippen LogP contribution is -2.39. The van der Waals surface area contributed by atoms with E-state index in [-0.39, 0.29) is 29.1 Å². The summed E-state index contributed by atoms with van der Waals surface area (Å²) in [6.07, 6.45) is 9.44. The van der Waals surface area contributed by atoms with Gasteiger partial charge in [-0.2, -0.15) is 8.42 Å². The van der Waals surface area contributed by atoms with Crippen LogP contribution in [0.4, 0.5) is 0 Å². The summed E-state index contributed by atoms with van der Waals surface area (Å²) in [5.74, 6) is 2.26. The fraction of sp³-hybridized carbons (Fsp3) is 0.348. The average molecular weight is 997 g/mol. The van der Waals surface area contributed by atoms with Gasteiger partial charge in [-0.25, -0.2) is 29.3 Å². The average Bonchev–Trinajstić information content (AvgIpc) is 4.10. The second-order valence-corrected chi connectivity index (χ2v) is 17.8. The first-order valence-electron chi connectivity index (χ1n) is 22.1. The number of H-pyrrole nitrogens is 1. The van der Waals surface area contributed by atoms with Crippen LogP contribution >= 0.6 is 0 Å². The Morgan fingerprint density at radius 1 is 0.563 bits per heavy atom. The molecule has 0 radical (unpaired) electrons. The molecule has 0 aliphatic rings. The Hall–Kier alpha value is -8.19. The predicted octanol–water partition coefficient (Wildman–Crippen LogP) is 2.56. The van der Waals surface area contributed by atoms with Crippen LogP contribution in [0.25, 0.3) is 33.1 Å². The van der Waals surface area contributed by atoms with E-state index in [0.29, 0.717) is 84.7 Å². The molecule has 71 heavy (non-hydrogen) atoms. The molecular formula is C46H52N12O12S. The fourth-order valence-electron chi connectivity index (χ4n) is 7.13. The van der Waals surface area contributed by atoms with Crippen molar-refractivity contribution in [2.24, 2.45) is 21.1 Å². The third-order valence-corrected chi connectivity index (χ3v) is 11.2. The zero-order valence-electron chi connectivity index (χ0n) is 40.0. The van der Waals surface area contributed by atoms with Gasteiger partial charge in [-0.15, -0.1) is 0 Å². The Bertz CT molecular complexity index is 3630. The van der Waals surface area contributed by atoms with E-state index < -0.39 is 21.4 Å². The van der Waals surface area contributed by atoms with Crippen LogP contribution in [0.1, 0.15) is 53.6 Å². The number of hydrogen-bond acceptors (Lipinski definition) is 18. The molecule has 0 saturated carbocycles. The van der Waals surface area contributed by atoms with Crippen LogP contribution in [-0.4, -0.2) is 79.5 Å². The lowest BCUT2D eigenvalue weighted by atomic mass is 10.2. The van der Waals surface area contributed by atoms with Crippen LogP contribution < -0.4 is 33.7 Å². The van der Waals surface area contributed by atoms with Crippen molar-refractivity contribution in [3.63, 3.8) is 0 Å². The van der Waals surface area contributed by atoms with E-state index >= 15 is 0 Å². The van der Waals surface area contributed by atoms with Gasteiger partial charge < -0.3 is 13.6 Å². The maximum Gasteiger partial charge on any atom is 0.332 e. The number of pyridine rings is 3. The monoisotopic (exact) mass is 996 g/mol. The standard InChI is InChI=1S/2C15H16N4O3.C8H7N3O2.C8H13NO4S/c2*1-10-9-11(22-17-10)5-4-8-19-14(20)12-6-3-7-16-13(12)18(2)15(19)21;1-11-6-5(3-2-4-9-6)7(12)10-8(11)13;1-7-6-8(13-9-7)4-3-5-12-14(2,10)11/h2*3,6-7,9H,4-5,8H2,1-2H3;2-4H,1H3,(H,10,12,13);6H,3-5H2,1-2H3. The Labute approximate surface area is 402 Å². The molecule has 0 fully saturated rings. The van der Waals surface area contributed by atoms with Crippen molar-refractivity contribution in [2.45, 2.75) is 72.4 Å². The van der Waals surface area contributed by atoms with E-state index in [4.69, 9.17) is 13.6 Å². The highest BCUT2D eigenvalue weighted by Crippen LogP contribution is 2.09. The van der Waals surface area contributed by atoms with Gasteiger partial charge >= 0.3 is 17.1 Å². The summed E-state index contributed by atoms with van der Waals surface area (Å²) in [6, 6.07) is 15.5. The SMILES string of the molecule is Cc1cc(CCCOS(C)(=O)=O)on1.Cc1cc(CCCn2c(=O)c3cccnc3n(C)c2=O)on1.Cc1cc(CCCn2c(=O)c3cccnc3n(C)c2=O)on1.Cn1c(=O)[nH]c(=O)c2cccnc21. The highest BCUT2D eigenvalue weighted by molar-refractivity contribution is 7.85. The molecule has 9 heterocycles. The maximum absolute atomic E-state index is 12.4. The quantitative estimate of drug-likeness (QED) is 0.128. The second-order valence-electron chi connectivity index (χ2n) is 16.2. The molecule has 0 spiro atoms. The Morgan fingerprint density at radius 3 is 1.32 bits per heavy atom. The Kier molecular flexibility index (Phi) is 17.2. The number of hydrogen-bond donors (Lipinski definition) is 1. The van der Waals surface area contributed by atoms with Gasteiger partial charge in [-0.05, 0) is 76.4 Å². The summed E-state index contributed by atoms with van der Waals surface area (Å²) in [4.78, 5) is 86.1. The smallest absolute Gasteiger partial charge is 0.332 e. The molecule has 0 aliphatic carbocycles.